The van der Waals surface area contributed by atoms with Crippen LogP contribution < -0.4 is 5.32 Å². The fraction of sp³-hybridized carbons (Fsp3) is 0.759. The Balaban J connectivity index is 1.09. The van der Waals surface area contributed by atoms with Crippen molar-refractivity contribution in [3.05, 3.63) is 22.8 Å². The van der Waals surface area contributed by atoms with Crippen molar-refractivity contribution in [2.24, 2.45) is 22.7 Å². The van der Waals surface area contributed by atoms with Crippen molar-refractivity contribution >= 4 is 41.4 Å². The predicted octanol–water partition coefficient (Wildman–Crippen LogP) is 5.07. The van der Waals surface area contributed by atoms with Crippen LogP contribution in [-0.2, 0) is 9.59 Å². The summed E-state index contributed by atoms with van der Waals surface area (Å²) in [6, 6.07) is 0. The Morgan fingerprint density at radius 1 is 1.14 bits per heavy atom. The molecule has 1 atom stereocenters. The molecule has 1 N–H and O–H groups in total. The Bertz CT molecular complexity index is 968. The van der Waals surface area contributed by atoms with Gasteiger partial charge in [0.25, 0.3) is 5.91 Å². The molecule has 3 aliphatic heterocycles. The number of hydrogen-bond acceptors (Lipinski definition) is 6. The molecule has 6 nitrogen and oxygen atoms in total. The number of allylic oxidation sites excluding steroid dienone is 3. The van der Waals surface area contributed by atoms with Crippen molar-refractivity contribution in [2.75, 3.05) is 43.4 Å². The van der Waals surface area contributed by atoms with Crippen LogP contribution in [0.1, 0.15) is 72.1 Å². The molecule has 2 saturated heterocycles. The van der Waals surface area contributed by atoms with E-state index in [9.17, 15) is 9.59 Å². The van der Waals surface area contributed by atoms with Crippen LogP contribution >= 0.6 is 23.7 Å². The maximum absolute atomic E-state index is 13.0. The molecule has 5 aliphatic rings. The maximum Gasteiger partial charge on any atom is 0.253 e. The number of amides is 2. The van der Waals surface area contributed by atoms with Crippen LogP contribution in [0.5, 0.6) is 0 Å². The highest BCUT2D eigenvalue weighted by molar-refractivity contribution is 7.99. The van der Waals surface area contributed by atoms with Crippen LogP contribution in [0.3, 0.4) is 0 Å². The molecular weight excluding hydrogens is 500 g/mol. The van der Waals surface area contributed by atoms with Gasteiger partial charge < -0.3 is 10.2 Å². The van der Waals surface area contributed by atoms with E-state index in [0.29, 0.717) is 11.8 Å². The second kappa shape index (κ2) is 11.9. The Hall–Kier alpha value is -1.25. The van der Waals surface area contributed by atoms with Crippen molar-refractivity contribution < 1.29 is 9.59 Å². The van der Waals surface area contributed by atoms with Crippen LogP contribution in [-0.4, -0.2) is 75.8 Å². The molecule has 0 radical (unpaired) electrons. The van der Waals surface area contributed by atoms with E-state index in [1.54, 1.807) is 0 Å². The average molecular weight is 545 g/mol. The summed E-state index contributed by atoms with van der Waals surface area (Å²) in [5.74, 6) is 5.86. The zero-order valence-electron chi connectivity index (χ0n) is 22.9. The van der Waals surface area contributed by atoms with E-state index in [-0.39, 0.29) is 11.8 Å². The van der Waals surface area contributed by atoms with Gasteiger partial charge in [0, 0.05) is 49.4 Å². The number of nitrogens with one attached hydrogen (secondary N) is 1. The van der Waals surface area contributed by atoms with Crippen LogP contribution in [0.25, 0.3) is 0 Å². The number of rotatable bonds is 6. The topological polar surface area (TPSA) is 65.0 Å². The van der Waals surface area contributed by atoms with Crippen LogP contribution in [0.2, 0.25) is 0 Å². The molecule has 0 aromatic rings. The summed E-state index contributed by atoms with van der Waals surface area (Å²) in [7, 11) is 0. The summed E-state index contributed by atoms with van der Waals surface area (Å²) in [5.41, 5.74) is 3.58. The van der Waals surface area contributed by atoms with E-state index < -0.39 is 5.54 Å². The first kappa shape index (κ1) is 27.3. The Morgan fingerprint density at radius 2 is 1.84 bits per heavy atom. The summed E-state index contributed by atoms with van der Waals surface area (Å²) >= 11 is 3.86. The van der Waals surface area contributed by atoms with Gasteiger partial charge >= 0.3 is 0 Å². The van der Waals surface area contributed by atoms with Crippen molar-refractivity contribution in [1.29, 1.82) is 0 Å². The Labute approximate surface area is 231 Å². The number of amidine groups is 1. The minimum Gasteiger partial charge on any atom is -0.341 e. The van der Waals surface area contributed by atoms with Gasteiger partial charge in [-0.3, -0.25) is 18.9 Å². The molecule has 0 aromatic carbocycles. The number of thioether (sulfide) groups is 1. The Morgan fingerprint density at radius 3 is 2.51 bits per heavy atom. The van der Waals surface area contributed by atoms with Gasteiger partial charge in [-0.1, -0.05) is 48.9 Å². The first-order valence-electron chi connectivity index (χ1n) is 14.4. The highest BCUT2D eigenvalue weighted by Gasteiger charge is 2.47. The van der Waals surface area contributed by atoms with Crippen molar-refractivity contribution in [3.63, 3.8) is 0 Å². The summed E-state index contributed by atoms with van der Waals surface area (Å²) in [4.78, 5) is 33.1. The molecule has 1 unspecified atom stereocenters. The molecule has 1 saturated carbocycles. The first-order chi connectivity index (χ1) is 17.8. The van der Waals surface area contributed by atoms with Crippen LogP contribution in [0.15, 0.2) is 27.8 Å². The first-order valence-corrected chi connectivity index (χ1v) is 16.5. The lowest BCUT2D eigenvalue weighted by Crippen LogP contribution is -2.47. The number of nitrogens with zero attached hydrogens (tertiary/aromatic N) is 3. The molecule has 2 aliphatic carbocycles. The molecule has 5 rings (SSSR count). The highest BCUT2D eigenvalue weighted by atomic mass is 32.2. The summed E-state index contributed by atoms with van der Waals surface area (Å²) in [5, 5.41) is 3.19. The zero-order chi connectivity index (χ0) is 26.0. The average Bonchev–Trinajstić information content (AvgIpc) is 3.22. The van der Waals surface area contributed by atoms with Crippen molar-refractivity contribution in [3.8, 4) is 0 Å². The van der Waals surface area contributed by atoms with Crippen LogP contribution in [0.4, 0.5) is 0 Å². The number of piperidine rings is 1. The third-order valence-electron chi connectivity index (χ3n) is 9.19. The molecule has 204 valence electrons. The molecule has 1 spiro atoms. The number of hydrogen-bond donors (Lipinski definition) is 1. The van der Waals surface area contributed by atoms with Gasteiger partial charge in [-0.05, 0) is 63.9 Å². The predicted molar refractivity (Wildman–Crippen MR) is 156 cm³/mol. The molecular formula is C29H44N4O2S2. The van der Waals surface area contributed by atoms with E-state index in [2.05, 4.69) is 41.4 Å². The van der Waals surface area contributed by atoms with E-state index in [0.717, 1.165) is 93.7 Å². The Kier molecular flexibility index (Phi) is 8.76. The van der Waals surface area contributed by atoms with Gasteiger partial charge in [0.1, 0.15) is 11.4 Å². The van der Waals surface area contributed by atoms with Crippen molar-refractivity contribution in [2.45, 2.75) is 77.7 Å². The van der Waals surface area contributed by atoms with E-state index >= 15 is 0 Å². The van der Waals surface area contributed by atoms with E-state index in [1.165, 1.54) is 29.6 Å². The number of carbonyl (C=O) groups is 2. The third kappa shape index (κ3) is 6.17. The smallest absolute Gasteiger partial charge is 0.253 e. The minimum atomic E-state index is -0.522. The number of aliphatic imine (C=N–C) groups is 1. The molecule has 0 bridgehead atoms. The number of carbonyl (C=O) groups excluding carboxylic acids is 2. The molecule has 2 amide bonds. The van der Waals surface area contributed by atoms with Gasteiger partial charge in [-0.2, -0.15) is 11.8 Å². The van der Waals surface area contributed by atoms with Gasteiger partial charge in [-0.15, -0.1) is 0 Å². The van der Waals surface area contributed by atoms with Gasteiger partial charge in [0.2, 0.25) is 5.91 Å². The summed E-state index contributed by atoms with van der Waals surface area (Å²) in [6.07, 6.45) is 10.6. The summed E-state index contributed by atoms with van der Waals surface area (Å²) in [6.45, 7) is 10.3. The lowest BCUT2D eigenvalue weighted by Gasteiger charge is -2.35. The molecule has 3 heterocycles. The quantitative estimate of drug-likeness (QED) is 0.473. The normalized spacial score (nSPS) is 30.8. The van der Waals surface area contributed by atoms with E-state index in [1.807, 2.05) is 23.7 Å². The molecule has 0 aromatic heterocycles. The fourth-order valence-electron chi connectivity index (χ4n) is 6.71. The van der Waals surface area contributed by atoms with Gasteiger partial charge in [0.05, 0.1) is 5.92 Å². The van der Waals surface area contributed by atoms with Gasteiger partial charge in [0.15, 0.2) is 0 Å². The molecule has 37 heavy (non-hydrogen) atoms. The lowest BCUT2D eigenvalue weighted by molar-refractivity contribution is -0.133. The minimum absolute atomic E-state index is 0.0119. The largest absolute Gasteiger partial charge is 0.341 e. The second-order valence-electron chi connectivity index (χ2n) is 11.8. The fourth-order valence-corrected chi connectivity index (χ4v) is 8.61. The SMILES string of the molecule is CC1=CC(C(=O)N2CCSCC2)CC(C)=C1CCSN1CCC2(CC1)N=C(C1CCC(C)CC1)NC2=O. The van der Waals surface area contributed by atoms with Gasteiger partial charge in [-0.25, -0.2) is 0 Å². The lowest BCUT2D eigenvalue weighted by atomic mass is 9.82. The molecule has 3 fully saturated rings. The highest BCUT2D eigenvalue weighted by Crippen LogP contribution is 2.38. The standard InChI is InChI=1S/C29H44N4O2S2/c1-20-4-6-23(7-5-20)26-30-28(35)29(31-26)9-11-33(12-10-29)37-15-8-25-21(2)18-24(19-22(25)3)27(34)32-13-16-36-17-14-32/h18,20,23-24H,4-17,19H2,1-3H3,(H,30,31,35). The maximum atomic E-state index is 13.0. The third-order valence-corrected chi connectivity index (χ3v) is 11.2. The van der Waals surface area contributed by atoms with E-state index in [4.69, 9.17) is 4.99 Å². The zero-order valence-corrected chi connectivity index (χ0v) is 24.5. The van der Waals surface area contributed by atoms with Crippen molar-refractivity contribution in [1.82, 2.24) is 14.5 Å². The second-order valence-corrected chi connectivity index (χ2v) is 14.2. The van der Waals surface area contributed by atoms with Crippen LogP contribution in [0, 0.1) is 17.8 Å². The summed E-state index contributed by atoms with van der Waals surface area (Å²) < 4.78 is 2.44. The monoisotopic (exact) mass is 544 g/mol. The molecule has 8 heteroatoms.